The first-order chi connectivity index (χ1) is 10.6. The molecule has 2 aromatic rings. The maximum atomic E-state index is 13.3. The molecule has 0 aliphatic carbocycles. The fraction of sp³-hybridized carbons (Fsp3) is 0.333. The third-order valence-electron chi connectivity index (χ3n) is 3.49. The Morgan fingerprint density at radius 3 is 2.55 bits per heavy atom. The highest BCUT2D eigenvalue weighted by atomic mass is 19.1. The predicted molar refractivity (Wildman–Crippen MR) is 86.1 cm³/mol. The van der Waals surface area contributed by atoms with E-state index in [1.54, 1.807) is 20.3 Å². The molecule has 0 aliphatic rings. The second kappa shape index (κ2) is 7.80. The Labute approximate surface area is 131 Å². The summed E-state index contributed by atoms with van der Waals surface area (Å²) < 4.78 is 23.9. The normalized spacial score (nSPS) is 10.5. The fourth-order valence-corrected chi connectivity index (χ4v) is 2.45. The number of ether oxygens (including phenoxy) is 2. The van der Waals surface area contributed by atoms with Crippen molar-refractivity contribution in [1.29, 1.82) is 0 Å². The van der Waals surface area contributed by atoms with Crippen LogP contribution in [0.5, 0.6) is 11.5 Å². The maximum absolute atomic E-state index is 13.3. The van der Waals surface area contributed by atoms with Crippen molar-refractivity contribution < 1.29 is 13.9 Å². The van der Waals surface area contributed by atoms with E-state index >= 15 is 0 Å². The number of benzene rings is 2. The van der Waals surface area contributed by atoms with E-state index in [4.69, 9.17) is 9.47 Å². The van der Waals surface area contributed by atoms with Gasteiger partial charge in [0.05, 0.1) is 14.2 Å². The van der Waals surface area contributed by atoms with Crippen LogP contribution < -0.4 is 14.8 Å². The van der Waals surface area contributed by atoms with Crippen LogP contribution in [0.4, 0.5) is 4.39 Å². The van der Waals surface area contributed by atoms with Crippen LogP contribution >= 0.6 is 0 Å². The third kappa shape index (κ3) is 4.46. The summed E-state index contributed by atoms with van der Waals surface area (Å²) in [6.45, 7) is 3.32. The van der Waals surface area contributed by atoms with Crippen molar-refractivity contribution >= 4 is 0 Å². The molecule has 0 aliphatic heterocycles. The average molecular weight is 303 g/mol. The molecular weight excluding hydrogens is 281 g/mol. The number of rotatable bonds is 7. The van der Waals surface area contributed by atoms with E-state index in [0.717, 1.165) is 41.2 Å². The van der Waals surface area contributed by atoms with Gasteiger partial charge in [0.1, 0.15) is 17.3 Å². The van der Waals surface area contributed by atoms with Gasteiger partial charge >= 0.3 is 0 Å². The van der Waals surface area contributed by atoms with Gasteiger partial charge in [-0.2, -0.15) is 0 Å². The van der Waals surface area contributed by atoms with Crippen LogP contribution in [0.3, 0.4) is 0 Å². The van der Waals surface area contributed by atoms with Crippen LogP contribution in [-0.4, -0.2) is 20.8 Å². The Kier molecular flexibility index (Phi) is 5.78. The topological polar surface area (TPSA) is 30.5 Å². The quantitative estimate of drug-likeness (QED) is 0.794. The van der Waals surface area contributed by atoms with Gasteiger partial charge in [-0.05, 0) is 66.9 Å². The molecule has 0 radical (unpaired) electrons. The second-order valence-corrected chi connectivity index (χ2v) is 5.24. The number of methoxy groups -OCH3 is 2. The first kappa shape index (κ1) is 16.3. The molecule has 0 atom stereocenters. The Morgan fingerprint density at radius 2 is 1.86 bits per heavy atom. The van der Waals surface area contributed by atoms with Crippen molar-refractivity contribution in [2.45, 2.75) is 19.9 Å². The summed E-state index contributed by atoms with van der Waals surface area (Å²) >= 11 is 0. The summed E-state index contributed by atoms with van der Waals surface area (Å²) in [6.07, 6.45) is 0.814. The van der Waals surface area contributed by atoms with Crippen LogP contribution in [0.2, 0.25) is 0 Å². The van der Waals surface area contributed by atoms with Crippen molar-refractivity contribution in [3.8, 4) is 11.5 Å². The van der Waals surface area contributed by atoms with Gasteiger partial charge in [0.25, 0.3) is 0 Å². The van der Waals surface area contributed by atoms with E-state index < -0.39 is 0 Å². The molecule has 0 heterocycles. The molecule has 2 aromatic carbocycles. The van der Waals surface area contributed by atoms with Gasteiger partial charge in [-0.25, -0.2) is 4.39 Å². The van der Waals surface area contributed by atoms with E-state index in [1.165, 1.54) is 6.07 Å². The first-order valence-corrected chi connectivity index (χ1v) is 7.30. The van der Waals surface area contributed by atoms with Gasteiger partial charge in [-0.1, -0.05) is 6.07 Å². The molecule has 1 N–H and O–H groups in total. The summed E-state index contributed by atoms with van der Waals surface area (Å²) in [5.74, 6) is 1.48. The lowest BCUT2D eigenvalue weighted by molar-refractivity contribution is 0.398. The zero-order valence-electron chi connectivity index (χ0n) is 13.3. The monoisotopic (exact) mass is 303 g/mol. The molecule has 4 heteroatoms. The van der Waals surface area contributed by atoms with Crippen molar-refractivity contribution in [3.05, 3.63) is 58.9 Å². The highest BCUT2D eigenvalue weighted by molar-refractivity contribution is 5.40. The molecule has 0 amide bonds. The molecule has 0 unspecified atom stereocenters. The lowest BCUT2D eigenvalue weighted by Crippen LogP contribution is -2.17. The van der Waals surface area contributed by atoms with Gasteiger partial charge in [0.2, 0.25) is 0 Å². The van der Waals surface area contributed by atoms with Gasteiger partial charge < -0.3 is 14.8 Å². The molecule has 2 rings (SSSR count). The predicted octanol–water partition coefficient (Wildman–Crippen LogP) is 3.48. The maximum Gasteiger partial charge on any atom is 0.123 e. The summed E-state index contributed by atoms with van der Waals surface area (Å²) in [7, 11) is 3.31. The van der Waals surface area contributed by atoms with Gasteiger partial charge in [-0.15, -0.1) is 0 Å². The zero-order chi connectivity index (χ0) is 15.9. The fourth-order valence-electron chi connectivity index (χ4n) is 2.45. The summed E-state index contributed by atoms with van der Waals surface area (Å²) in [6, 6.07) is 10.8. The largest absolute Gasteiger partial charge is 0.497 e. The Balaban J connectivity index is 1.90. The lowest BCUT2D eigenvalue weighted by Gasteiger charge is -2.11. The number of hydrogen-bond acceptors (Lipinski definition) is 3. The Hall–Kier alpha value is -2.07. The molecular formula is C18H22FNO2. The van der Waals surface area contributed by atoms with Gasteiger partial charge in [-0.3, -0.25) is 0 Å². The smallest absolute Gasteiger partial charge is 0.123 e. The first-order valence-electron chi connectivity index (χ1n) is 7.30. The van der Waals surface area contributed by atoms with Crippen molar-refractivity contribution in [1.82, 2.24) is 5.32 Å². The highest BCUT2D eigenvalue weighted by Gasteiger charge is 2.05. The van der Waals surface area contributed by atoms with E-state index in [0.29, 0.717) is 6.54 Å². The average Bonchev–Trinajstić information content (AvgIpc) is 2.50. The molecule has 0 spiro atoms. The van der Waals surface area contributed by atoms with Crippen molar-refractivity contribution in [2.75, 3.05) is 20.8 Å². The molecule has 0 saturated heterocycles. The van der Waals surface area contributed by atoms with Crippen molar-refractivity contribution in [3.63, 3.8) is 0 Å². The SMILES string of the molecule is COc1ccc(OC)c(CCNCc2cc(C)cc(F)c2)c1. The number of halogens is 1. The number of nitrogens with one attached hydrogen (secondary N) is 1. The minimum Gasteiger partial charge on any atom is -0.497 e. The van der Waals surface area contributed by atoms with Crippen molar-refractivity contribution in [2.24, 2.45) is 0 Å². The van der Waals surface area contributed by atoms with E-state index in [9.17, 15) is 4.39 Å². The third-order valence-corrected chi connectivity index (χ3v) is 3.49. The molecule has 118 valence electrons. The van der Waals surface area contributed by atoms with E-state index in [2.05, 4.69) is 5.32 Å². The van der Waals surface area contributed by atoms with Crippen LogP contribution in [0, 0.1) is 12.7 Å². The Morgan fingerprint density at radius 1 is 1.05 bits per heavy atom. The van der Waals surface area contributed by atoms with Crippen LogP contribution in [0.25, 0.3) is 0 Å². The molecule has 0 saturated carbocycles. The summed E-state index contributed by atoms with van der Waals surface area (Å²) in [4.78, 5) is 0. The van der Waals surface area contributed by atoms with Crippen LogP contribution in [0.15, 0.2) is 36.4 Å². The molecule has 0 bridgehead atoms. The molecule has 3 nitrogen and oxygen atoms in total. The lowest BCUT2D eigenvalue weighted by atomic mass is 10.1. The number of hydrogen-bond donors (Lipinski definition) is 1. The molecule has 22 heavy (non-hydrogen) atoms. The highest BCUT2D eigenvalue weighted by Crippen LogP contribution is 2.24. The minimum atomic E-state index is -0.189. The summed E-state index contributed by atoms with van der Waals surface area (Å²) in [5, 5.41) is 3.33. The standard InChI is InChI=1S/C18H22FNO2/c1-13-8-14(10-16(19)9-13)12-20-7-6-15-11-17(21-2)4-5-18(15)22-3/h4-5,8-11,20H,6-7,12H2,1-3H3. The van der Waals surface area contributed by atoms with Crippen LogP contribution in [0.1, 0.15) is 16.7 Å². The summed E-state index contributed by atoms with van der Waals surface area (Å²) in [5.41, 5.74) is 2.98. The minimum absolute atomic E-state index is 0.189. The van der Waals surface area contributed by atoms with E-state index in [-0.39, 0.29) is 5.82 Å². The molecule has 0 fully saturated rings. The van der Waals surface area contributed by atoms with Gasteiger partial charge in [0, 0.05) is 6.54 Å². The second-order valence-electron chi connectivity index (χ2n) is 5.24. The van der Waals surface area contributed by atoms with Crippen LogP contribution in [-0.2, 0) is 13.0 Å². The number of aryl methyl sites for hydroxylation is 1. The van der Waals surface area contributed by atoms with E-state index in [1.807, 2.05) is 31.2 Å². The molecule has 0 aromatic heterocycles. The zero-order valence-corrected chi connectivity index (χ0v) is 13.3. The Bertz CT molecular complexity index is 608. The van der Waals surface area contributed by atoms with Gasteiger partial charge in [0.15, 0.2) is 0 Å².